The number of imide groups is 1. The summed E-state index contributed by atoms with van der Waals surface area (Å²) < 4.78 is 46.1. The lowest BCUT2D eigenvalue weighted by Gasteiger charge is -2.15. The molecule has 2 aromatic rings. The summed E-state index contributed by atoms with van der Waals surface area (Å²) in [5.41, 5.74) is 0.671. The van der Waals surface area contributed by atoms with Crippen molar-refractivity contribution in [1.82, 2.24) is 25.0 Å². The fourth-order valence-corrected chi connectivity index (χ4v) is 5.00. The topological polar surface area (TPSA) is 123 Å². The van der Waals surface area contributed by atoms with Crippen molar-refractivity contribution in [2.45, 2.75) is 38.1 Å². The molecule has 32 heavy (non-hydrogen) atoms. The Kier molecular flexibility index (Phi) is 6.13. The molecule has 1 atom stereocenters. The Bertz CT molecular complexity index is 1130. The third-order valence-electron chi connectivity index (χ3n) is 5.31. The van der Waals surface area contributed by atoms with E-state index in [1.54, 1.807) is 19.1 Å². The number of carbonyl (C=O) groups excluding carboxylic acids is 2. The molecule has 172 valence electrons. The fourth-order valence-electron chi connectivity index (χ4n) is 3.41. The standard InChI is InChI=1S/C20H24FN5O5S/c1-13(15-4-5-16(21)17(6-15)31-9-14-2-3-14)10-32(29,30)12-26-11-22-18(24-26)7-25-8-19(27)23-20(25)28/h4-6,11,13-14H,2-3,7-10,12H2,1H3,(H,23,27,28)/t13-/m0/s1. The number of rotatable bonds is 10. The maximum atomic E-state index is 14.0. The van der Waals surface area contributed by atoms with Crippen molar-refractivity contribution in [1.29, 1.82) is 0 Å². The van der Waals surface area contributed by atoms with E-state index in [4.69, 9.17) is 4.74 Å². The van der Waals surface area contributed by atoms with Crippen molar-refractivity contribution in [2.24, 2.45) is 5.92 Å². The number of nitrogens with one attached hydrogen (secondary N) is 1. The number of urea groups is 1. The number of nitrogens with zero attached hydrogens (tertiary/aromatic N) is 4. The molecule has 0 spiro atoms. The number of hydrogen-bond donors (Lipinski definition) is 1. The van der Waals surface area contributed by atoms with Crippen LogP contribution in [0.3, 0.4) is 0 Å². The normalized spacial score (nSPS) is 17.5. The van der Waals surface area contributed by atoms with Gasteiger partial charge in [0.2, 0.25) is 5.91 Å². The van der Waals surface area contributed by atoms with Crippen molar-refractivity contribution in [3.8, 4) is 5.75 Å². The number of aromatic nitrogens is 3. The van der Waals surface area contributed by atoms with Crippen molar-refractivity contribution in [2.75, 3.05) is 18.9 Å². The first kappa shape index (κ1) is 22.2. The van der Waals surface area contributed by atoms with Gasteiger partial charge in [-0.2, -0.15) is 5.10 Å². The minimum Gasteiger partial charge on any atom is -0.490 e. The highest BCUT2D eigenvalue weighted by atomic mass is 32.2. The van der Waals surface area contributed by atoms with E-state index in [1.807, 2.05) is 0 Å². The molecule has 1 aliphatic heterocycles. The number of carbonyl (C=O) groups is 2. The highest BCUT2D eigenvalue weighted by Gasteiger charge is 2.28. The van der Waals surface area contributed by atoms with Gasteiger partial charge in [0.15, 0.2) is 27.2 Å². The van der Waals surface area contributed by atoms with E-state index in [-0.39, 0.29) is 42.2 Å². The van der Waals surface area contributed by atoms with Crippen LogP contribution < -0.4 is 10.1 Å². The van der Waals surface area contributed by atoms with Gasteiger partial charge in [-0.3, -0.25) is 10.1 Å². The predicted octanol–water partition coefficient (Wildman–Crippen LogP) is 1.43. The smallest absolute Gasteiger partial charge is 0.324 e. The molecule has 1 saturated carbocycles. The molecule has 3 amide bonds. The largest absolute Gasteiger partial charge is 0.490 e. The zero-order valence-corrected chi connectivity index (χ0v) is 18.3. The molecule has 1 aromatic carbocycles. The molecule has 4 rings (SSSR count). The van der Waals surface area contributed by atoms with Gasteiger partial charge in [-0.1, -0.05) is 13.0 Å². The van der Waals surface area contributed by atoms with Gasteiger partial charge in [0.05, 0.1) is 18.9 Å². The monoisotopic (exact) mass is 465 g/mol. The van der Waals surface area contributed by atoms with Gasteiger partial charge in [0.25, 0.3) is 0 Å². The molecule has 2 heterocycles. The number of ether oxygens (including phenoxy) is 1. The summed E-state index contributed by atoms with van der Waals surface area (Å²) in [6.07, 6.45) is 3.45. The third kappa shape index (κ3) is 5.61. The molecule has 10 nitrogen and oxygen atoms in total. The summed E-state index contributed by atoms with van der Waals surface area (Å²) in [7, 11) is -3.58. The van der Waals surface area contributed by atoms with Gasteiger partial charge >= 0.3 is 6.03 Å². The van der Waals surface area contributed by atoms with Crippen LogP contribution in [0.25, 0.3) is 0 Å². The average Bonchev–Trinajstić information content (AvgIpc) is 3.36. The summed E-state index contributed by atoms with van der Waals surface area (Å²) >= 11 is 0. The van der Waals surface area contributed by atoms with Crippen LogP contribution in [0.15, 0.2) is 24.5 Å². The zero-order valence-electron chi connectivity index (χ0n) is 17.5. The van der Waals surface area contributed by atoms with E-state index >= 15 is 0 Å². The first-order valence-electron chi connectivity index (χ1n) is 10.3. The number of benzene rings is 1. The van der Waals surface area contributed by atoms with Gasteiger partial charge in [0, 0.05) is 0 Å². The summed E-state index contributed by atoms with van der Waals surface area (Å²) in [6, 6.07) is 3.89. The van der Waals surface area contributed by atoms with Crippen molar-refractivity contribution >= 4 is 21.8 Å². The van der Waals surface area contributed by atoms with E-state index in [9.17, 15) is 22.4 Å². The van der Waals surface area contributed by atoms with E-state index in [2.05, 4.69) is 15.4 Å². The van der Waals surface area contributed by atoms with Gasteiger partial charge in [-0.05, 0) is 42.4 Å². The molecular formula is C20H24FN5O5S. The van der Waals surface area contributed by atoms with Crippen LogP contribution in [-0.4, -0.2) is 58.9 Å². The quantitative estimate of drug-likeness (QED) is 0.527. The van der Waals surface area contributed by atoms with Gasteiger partial charge in [-0.15, -0.1) is 0 Å². The maximum absolute atomic E-state index is 14.0. The van der Waals surface area contributed by atoms with Crippen molar-refractivity contribution < 1.29 is 27.1 Å². The molecule has 0 bridgehead atoms. The van der Waals surface area contributed by atoms with Crippen LogP contribution >= 0.6 is 0 Å². The third-order valence-corrected chi connectivity index (χ3v) is 6.98. The average molecular weight is 466 g/mol. The van der Waals surface area contributed by atoms with Crippen LogP contribution in [0.5, 0.6) is 5.75 Å². The second-order valence-electron chi connectivity index (χ2n) is 8.29. The zero-order chi connectivity index (χ0) is 22.9. The molecule has 2 aliphatic rings. The van der Waals surface area contributed by atoms with Crippen LogP contribution in [-0.2, 0) is 27.1 Å². The Labute approximate surface area is 184 Å². The Balaban J connectivity index is 1.36. The van der Waals surface area contributed by atoms with Gasteiger partial charge in [-0.25, -0.2) is 27.3 Å². The van der Waals surface area contributed by atoms with Gasteiger partial charge in [0.1, 0.15) is 18.7 Å². The fraction of sp³-hybridized carbons (Fsp3) is 0.500. The Morgan fingerprint density at radius 1 is 1.31 bits per heavy atom. The second-order valence-corrected chi connectivity index (χ2v) is 10.4. The molecular weight excluding hydrogens is 441 g/mol. The van der Waals surface area contributed by atoms with Gasteiger partial charge < -0.3 is 9.64 Å². The number of sulfone groups is 1. The summed E-state index contributed by atoms with van der Waals surface area (Å²) in [6.45, 7) is 2.13. The number of hydrogen-bond acceptors (Lipinski definition) is 7. The highest BCUT2D eigenvalue weighted by Crippen LogP contribution is 2.31. The molecule has 1 saturated heterocycles. The lowest BCUT2D eigenvalue weighted by Crippen LogP contribution is -2.28. The minimum absolute atomic E-state index is 0.000235. The van der Waals surface area contributed by atoms with E-state index in [0.29, 0.717) is 18.1 Å². The van der Waals surface area contributed by atoms with E-state index < -0.39 is 27.6 Å². The summed E-state index contributed by atoms with van der Waals surface area (Å²) in [4.78, 5) is 28.1. The molecule has 0 radical (unpaired) electrons. The SMILES string of the molecule is C[C@@H](CS(=O)(=O)Cn1cnc(CN2CC(=O)NC2=O)n1)c1ccc(F)c(OCC2CC2)c1. The minimum atomic E-state index is -3.58. The second kappa shape index (κ2) is 8.85. The lowest BCUT2D eigenvalue weighted by atomic mass is 10.0. The molecule has 1 aromatic heterocycles. The first-order valence-corrected chi connectivity index (χ1v) is 12.1. The Morgan fingerprint density at radius 3 is 2.78 bits per heavy atom. The number of halogens is 1. The van der Waals surface area contributed by atoms with Crippen LogP contribution in [0.4, 0.5) is 9.18 Å². The Morgan fingerprint density at radius 2 is 2.09 bits per heavy atom. The van der Waals surface area contributed by atoms with Crippen LogP contribution in [0, 0.1) is 11.7 Å². The molecule has 0 unspecified atom stereocenters. The Hall–Kier alpha value is -3.02. The first-order chi connectivity index (χ1) is 15.2. The summed E-state index contributed by atoms with van der Waals surface area (Å²) in [5, 5.41) is 6.25. The lowest BCUT2D eigenvalue weighted by molar-refractivity contribution is -0.118. The molecule has 1 N–H and O–H groups in total. The molecule has 2 fully saturated rings. The summed E-state index contributed by atoms with van der Waals surface area (Å²) in [5.74, 6) is -0.963. The van der Waals surface area contributed by atoms with Crippen molar-refractivity contribution in [3.63, 3.8) is 0 Å². The van der Waals surface area contributed by atoms with Crippen LogP contribution in [0.2, 0.25) is 0 Å². The van der Waals surface area contributed by atoms with E-state index in [1.165, 1.54) is 22.0 Å². The van der Waals surface area contributed by atoms with Crippen LogP contribution in [0.1, 0.15) is 37.1 Å². The maximum Gasteiger partial charge on any atom is 0.324 e. The predicted molar refractivity (Wildman–Crippen MR) is 111 cm³/mol. The molecule has 1 aliphatic carbocycles. The highest BCUT2D eigenvalue weighted by molar-refractivity contribution is 7.90. The molecule has 12 heteroatoms. The van der Waals surface area contributed by atoms with Crippen molar-refractivity contribution in [3.05, 3.63) is 41.7 Å². The van der Waals surface area contributed by atoms with E-state index in [0.717, 1.165) is 12.8 Å². The number of amides is 3.